The van der Waals surface area contributed by atoms with Crippen LogP contribution in [0.5, 0.6) is 5.75 Å². The lowest BCUT2D eigenvalue weighted by Crippen LogP contribution is -2.35. The van der Waals surface area contributed by atoms with Crippen molar-refractivity contribution >= 4 is 23.3 Å². The van der Waals surface area contributed by atoms with E-state index in [0.717, 1.165) is 0 Å². The summed E-state index contributed by atoms with van der Waals surface area (Å²) in [5, 5.41) is 7.38. The molecule has 126 valence electrons. The second-order valence-electron chi connectivity index (χ2n) is 4.50. The van der Waals surface area contributed by atoms with Crippen molar-refractivity contribution in [3.63, 3.8) is 0 Å². The molecular formula is C15H14F2N4O3. The van der Waals surface area contributed by atoms with Crippen molar-refractivity contribution in [2.75, 3.05) is 17.2 Å². The first-order valence-corrected chi connectivity index (χ1v) is 6.82. The monoisotopic (exact) mass is 336 g/mol. The number of hydrogen-bond acceptors (Lipinski definition) is 4. The molecular weight excluding hydrogens is 322 g/mol. The quantitative estimate of drug-likeness (QED) is 0.755. The van der Waals surface area contributed by atoms with Gasteiger partial charge in [-0.25, -0.2) is 4.79 Å². The van der Waals surface area contributed by atoms with Crippen LogP contribution < -0.4 is 20.7 Å². The van der Waals surface area contributed by atoms with Crippen LogP contribution in [0.25, 0.3) is 0 Å². The molecule has 7 nitrogen and oxygen atoms in total. The Balaban J connectivity index is 1.75. The summed E-state index contributed by atoms with van der Waals surface area (Å²) < 4.78 is 28.2. The minimum Gasteiger partial charge on any atom is -0.435 e. The number of aromatic nitrogens is 1. The summed E-state index contributed by atoms with van der Waals surface area (Å²) in [5.41, 5.74) is 0.876. The molecule has 0 aliphatic heterocycles. The summed E-state index contributed by atoms with van der Waals surface area (Å²) in [6.45, 7) is -3.15. The summed E-state index contributed by atoms with van der Waals surface area (Å²) in [5.74, 6) is -0.439. The molecule has 1 aromatic carbocycles. The van der Waals surface area contributed by atoms with Crippen LogP contribution in [-0.4, -0.2) is 30.1 Å². The zero-order valence-electron chi connectivity index (χ0n) is 12.3. The molecule has 3 amide bonds. The Hall–Kier alpha value is -3.23. The smallest absolute Gasteiger partial charge is 0.387 e. The first-order valence-electron chi connectivity index (χ1n) is 6.82. The fraction of sp³-hybridized carbons (Fsp3) is 0.133. The number of nitrogens with zero attached hydrogens (tertiary/aromatic N) is 1. The van der Waals surface area contributed by atoms with E-state index in [4.69, 9.17) is 0 Å². The van der Waals surface area contributed by atoms with Crippen molar-refractivity contribution in [1.82, 2.24) is 10.3 Å². The van der Waals surface area contributed by atoms with Gasteiger partial charge in [-0.3, -0.25) is 9.78 Å². The average molecular weight is 336 g/mol. The molecule has 3 N–H and O–H groups in total. The highest BCUT2D eigenvalue weighted by molar-refractivity contribution is 5.96. The number of carbonyl (C=O) groups is 2. The molecule has 0 saturated heterocycles. The number of anilines is 2. The molecule has 2 rings (SSSR count). The van der Waals surface area contributed by atoms with E-state index < -0.39 is 18.5 Å². The zero-order valence-corrected chi connectivity index (χ0v) is 12.3. The van der Waals surface area contributed by atoms with Gasteiger partial charge in [-0.2, -0.15) is 8.78 Å². The van der Waals surface area contributed by atoms with Crippen LogP contribution in [0.1, 0.15) is 0 Å². The first-order chi connectivity index (χ1) is 11.5. The number of carbonyl (C=O) groups excluding carboxylic acids is 2. The maximum atomic E-state index is 12.0. The third-order valence-corrected chi connectivity index (χ3v) is 2.69. The number of nitrogens with one attached hydrogen (secondary N) is 3. The first kappa shape index (κ1) is 17.1. The second-order valence-corrected chi connectivity index (χ2v) is 4.50. The Morgan fingerprint density at radius 1 is 1.08 bits per heavy atom. The molecule has 0 atom stereocenters. The third kappa shape index (κ3) is 5.87. The van der Waals surface area contributed by atoms with E-state index in [1.165, 1.54) is 30.5 Å². The number of pyridine rings is 1. The van der Waals surface area contributed by atoms with Crippen LogP contribution in [0.3, 0.4) is 0 Å². The van der Waals surface area contributed by atoms with E-state index in [0.29, 0.717) is 11.4 Å². The van der Waals surface area contributed by atoms with Crippen molar-refractivity contribution in [2.24, 2.45) is 0 Å². The molecule has 0 saturated carbocycles. The molecule has 0 spiro atoms. The van der Waals surface area contributed by atoms with Gasteiger partial charge in [0.15, 0.2) is 0 Å². The zero-order chi connectivity index (χ0) is 17.4. The molecule has 2 aromatic rings. The molecule has 0 fully saturated rings. The highest BCUT2D eigenvalue weighted by Crippen LogP contribution is 2.17. The highest BCUT2D eigenvalue weighted by Gasteiger charge is 2.07. The average Bonchev–Trinajstić information content (AvgIpc) is 2.55. The van der Waals surface area contributed by atoms with Crippen molar-refractivity contribution < 1.29 is 23.1 Å². The van der Waals surface area contributed by atoms with Crippen molar-refractivity contribution in [3.05, 3.63) is 48.8 Å². The minimum absolute atomic E-state index is 0.0215. The van der Waals surface area contributed by atoms with Crippen LogP contribution in [0.15, 0.2) is 48.8 Å². The van der Waals surface area contributed by atoms with Gasteiger partial charge in [0.05, 0.1) is 18.4 Å². The molecule has 0 radical (unpaired) electrons. The van der Waals surface area contributed by atoms with E-state index >= 15 is 0 Å². The molecule has 0 aliphatic rings. The summed E-state index contributed by atoms with van der Waals surface area (Å²) >= 11 is 0. The van der Waals surface area contributed by atoms with Gasteiger partial charge in [0, 0.05) is 11.9 Å². The molecule has 1 aromatic heterocycles. The molecule has 0 unspecified atom stereocenters. The van der Waals surface area contributed by atoms with Gasteiger partial charge >= 0.3 is 12.6 Å². The fourth-order valence-electron chi connectivity index (χ4n) is 1.70. The second kappa shape index (κ2) is 8.42. The fourth-order valence-corrected chi connectivity index (χ4v) is 1.70. The minimum atomic E-state index is -2.91. The third-order valence-electron chi connectivity index (χ3n) is 2.69. The predicted octanol–water partition coefficient (Wildman–Crippen LogP) is 2.44. The Morgan fingerprint density at radius 2 is 1.83 bits per heavy atom. The molecule has 1 heterocycles. The van der Waals surface area contributed by atoms with Gasteiger partial charge in [-0.1, -0.05) is 0 Å². The van der Waals surface area contributed by atoms with Gasteiger partial charge in [0.2, 0.25) is 5.91 Å². The number of alkyl halides is 2. The molecule has 24 heavy (non-hydrogen) atoms. The topological polar surface area (TPSA) is 92.4 Å². The SMILES string of the molecule is O=C(CNC(=O)Nc1ccc(OC(F)F)cc1)Nc1cccnc1. The molecule has 9 heteroatoms. The van der Waals surface area contributed by atoms with Crippen LogP contribution in [-0.2, 0) is 4.79 Å². The lowest BCUT2D eigenvalue weighted by Gasteiger charge is -2.09. The van der Waals surface area contributed by atoms with Crippen LogP contribution in [0.2, 0.25) is 0 Å². The summed E-state index contributed by atoms with van der Waals surface area (Å²) in [7, 11) is 0. The Kier molecular flexibility index (Phi) is 6.01. The van der Waals surface area contributed by atoms with Gasteiger partial charge < -0.3 is 20.7 Å². The van der Waals surface area contributed by atoms with Crippen molar-refractivity contribution in [2.45, 2.75) is 6.61 Å². The number of urea groups is 1. The number of benzene rings is 1. The maximum Gasteiger partial charge on any atom is 0.387 e. The van der Waals surface area contributed by atoms with Crippen LogP contribution >= 0.6 is 0 Å². The largest absolute Gasteiger partial charge is 0.435 e. The normalized spacial score (nSPS) is 10.1. The van der Waals surface area contributed by atoms with E-state index in [-0.39, 0.29) is 12.3 Å². The van der Waals surface area contributed by atoms with Crippen molar-refractivity contribution in [1.29, 1.82) is 0 Å². The van der Waals surface area contributed by atoms with Gasteiger partial charge in [-0.05, 0) is 36.4 Å². The lowest BCUT2D eigenvalue weighted by atomic mass is 10.3. The summed E-state index contributed by atoms with van der Waals surface area (Å²) in [6.07, 6.45) is 3.04. The predicted molar refractivity (Wildman–Crippen MR) is 83.0 cm³/mol. The highest BCUT2D eigenvalue weighted by atomic mass is 19.3. The summed E-state index contributed by atoms with van der Waals surface area (Å²) in [4.78, 5) is 27.2. The van der Waals surface area contributed by atoms with E-state index in [1.54, 1.807) is 18.3 Å². The number of halogens is 2. The number of ether oxygens (including phenoxy) is 1. The Bertz CT molecular complexity index is 681. The van der Waals surface area contributed by atoms with E-state index in [1.807, 2.05) is 0 Å². The Labute approximate surface area is 136 Å². The molecule has 0 bridgehead atoms. The van der Waals surface area contributed by atoms with Crippen LogP contribution in [0.4, 0.5) is 25.0 Å². The number of hydrogen-bond donors (Lipinski definition) is 3. The number of amides is 3. The maximum absolute atomic E-state index is 12.0. The summed E-state index contributed by atoms with van der Waals surface area (Å²) in [6, 6.07) is 8.08. The van der Waals surface area contributed by atoms with E-state index in [9.17, 15) is 18.4 Å². The van der Waals surface area contributed by atoms with E-state index in [2.05, 4.69) is 25.7 Å². The molecule has 0 aliphatic carbocycles. The standard InChI is InChI=1S/C15H14F2N4O3/c16-14(17)24-12-5-3-10(4-6-12)21-15(23)19-9-13(22)20-11-2-1-7-18-8-11/h1-8,14H,9H2,(H,20,22)(H2,19,21,23). The van der Waals surface area contributed by atoms with Crippen LogP contribution in [0, 0.1) is 0 Å². The van der Waals surface area contributed by atoms with Gasteiger partial charge in [-0.15, -0.1) is 0 Å². The van der Waals surface area contributed by atoms with Gasteiger partial charge in [0.25, 0.3) is 0 Å². The van der Waals surface area contributed by atoms with Gasteiger partial charge in [0.1, 0.15) is 5.75 Å². The Morgan fingerprint density at radius 3 is 2.46 bits per heavy atom. The lowest BCUT2D eigenvalue weighted by molar-refractivity contribution is -0.115. The number of rotatable bonds is 6. The van der Waals surface area contributed by atoms with Crippen molar-refractivity contribution in [3.8, 4) is 5.75 Å².